The molecule has 0 saturated carbocycles. The van der Waals surface area contributed by atoms with Gasteiger partial charge in [0.2, 0.25) is 0 Å². The third-order valence-corrected chi connectivity index (χ3v) is 17.4. The first kappa shape index (κ1) is 81.8. The zero-order valence-corrected chi connectivity index (χ0v) is 55.3. The van der Waals surface area contributed by atoms with Crippen LogP contribution in [-0.4, -0.2) is 139 Å². The van der Waals surface area contributed by atoms with Crippen LogP contribution in [0, 0.1) is 5.41 Å². The monoisotopic (exact) mass is 1310 g/mol. The lowest BCUT2D eigenvalue weighted by Gasteiger charge is -2.47. The fourth-order valence-corrected chi connectivity index (χ4v) is 12.5. The summed E-state index contributed by atoms with van der Waals surface area (Å²) in [6.45, 7) is 4.29. The van der Waals surface area contributed by atoms with E-state index >= 15 is 0 Å². The van der Waals surface area contributed by atoms with E-state index < -0.39 is 109 Å². The molecule has 508 valence electrons. The molecule has 1 fully saturated rings. The van der Waals surface area contributed by atoms with E-state index in [0.29, 0.717) is 13.2 Å². The molecule has 1 unspecified atom stereocenters. The molecular formula is C58H115NO22S4. The molecule has 0 bridgehead atoms. The Kier molecular flexibility index (Phi) is 45.8. The van der Waals surface area contributed by atoms with Crippen LogP contribution in [0.3, 0.4) is 0 Å². The normalized spacial score (nSPS) is 18.9. The molecule has 1 heterocycles. The lowest BCUT2D eigenvalue weighted by molar-refractivity contribution is -0.312. The van der Waals surface area contributed by atoms with Crippen LogP contribution < -0.4 is 5.73 Å². The molecule has 27 heteroatoms. The summed E-state index contributed by atoms with van der Waals surface area (Å²) in [5, 5.41) is 10.7. The third-order valence-electron chi connectivity index (χ3n) is 15.6. The summed E-state index contributed by atoms with van der Waals surface area (Å²) in [6, 6.07) is -2.20. The second-order valence-corrected chi connectivity index (χ2v) is 28.1. The van der Waals surface area contributed by atoms with Crippen LogP contribution in [0.2, 0.25) is 0 Å². The number of ether oxygens (including phenoxy) is 4. The van der Waals surface area contributed by atoms with Crippen molar-refractivity contribution in [1.82, 2.24) is 0 Å². The van der Waals surface area contributed by atoms with Crippen molar-refractivity contribution in [3.63, 3.8) is 0 Å². The zero-order valence-electron chi connectivity index (χ0n) is 52.0. The number of hydrogen-bond donors (Lipinski definition) is 6. The number of hydrogen-bond acceptors (Lipinski definition) is 18. The number of carboxylic acid groups (broad SMARTS) is 1. The van der Waals surface area contributed by atoms with E-state index in [-0.39, 0.29) is 13.2 Å². The number of unbranched alkanes of at least 4 members (excludes halogenated alkanes) is 38. The van der Waals surface area contributed by atoms with Gasteiger partial charge in [-0.05, 0) is 12.8 Å². The summed E-state index contributed by atoms with van der Waals surface area (Å²) in [7, 11) is -22.7. The predicted molar refractivity (Wildman–Crippen MR) is 326 cm³/mol. The predicted octanol–water partition coefficient (Wildman–Crippen LogP) is 13.0. The van der Waals surface area contributed by atoms with Crippen molar-refractivity contribution in [3.05, 3.63) is 0 Å². The molecule has 1 aliphatic heterocycles. The van der Waals surface area contributed by atoms with Gasteiger partial charge in [0.15, 0.2) is 0 Å². The van der Waals surface area contributed by atoms with E-state index in [2.05, 4.69) is 30.6 Å². The quantitative estimate of drug-likeness (QED) is 0.0243. The van der Waals surface area contributed by atoms with E-state index in [9.17, 15) is 61.8 Å². The van der Waals surface area contributed by atoms with E-state index in [1.165, 1.54) is 193 Å². The Morgan fingerprint density at radius 3 is 1.09 bits per heavy atom. The number of rotatable bonds is 61. The van der Waals surface area contributed by atoms with Gasteiger partial charge in [-0.3, -0.25) is 18.2 Å². The number of aliphatic carboxylic acids is 1. The van der Waals surface area contributed by atoms with Gasteiger partial charge in [-0.1, -0.05) is 265 Å². The van der Waals surface area contributed by atoms with Crippen LogP contribution in [-0.2, 0) is 82.1 Å². The van der Waals surface area contributed by atoms with Crippen LogP contribution >= 0.6 is 0 Å². The number of carbonyl (C=O) groups is 1. The average Bonchev–Trinajstić information content (AvgIpc) is 1.02. The number of carboxylic acids is 1. The van der Waals surface area contributed by atoms with Crippen molar-refractivity contribution < 1.29 is 97.5 Å². The molecule has 0 amide bonds. The summed E-state index contributed by atoms with van der Waals surface area (Å²) in [5.41, 5.74) is 4.98. The van der Waals surface area contributed by atoms with E-state index in [0.717, 1.165) is 64.2 Å². The summed E-state index contributed by atoms with van der Waals surface area (Å²) in [4.78, 5) is 13.3. The summed E-state index contributed by atoms with van der Waals surface area (Å²) in [6.07, 6.45) is 37.5. The molecule has 0 aromatic carbocycles. The molecule has 7 N–H and O–H groups in total. The first-order chi connectivity index (χ1) is 40.3. The minimum absolute atomic E-state index is 0.0687. The van der Waals surface area contributed by atoms with E-state index in [1.807, 2.05) is 0 Å². The zero-order chi connectivity index (χ0) is 63.4. The van der Waals surface area contributed by atoms with Crippen molar-refractivity contribution in [1.29, 1.82) is 0 Å². The van der Waals surface area contributed by atoms with Crippen molar-refractivity contribution >= 4 is 47.6 Å². The summed E-state index contributed by atoms with van der Waals surface area (Å²) < 4.78 is 175. The van der Waals surface area contributed by atoms with Gasteiger partial charge in [0.25, 0.3) is 5.79 Å². The van der Waals surface area contributed by atoms with Crippen molar-refractivity contribution in [3.8, 4) is 0 Å². The van der Waals surface area contributed by atoms with Gasteiger partial charge < -0.3 is 29.8 Å². The highest BCUT2D eigenvalue weighted by Crippen LogP contribution is 2.38. The maximum atomic E-state index is 13.3. The summed E-state index contributed by atoms with van der Waals surface area (Å²) in [5.74, 6) is -5.21. The van der Waals surface area contributed by atoms with Crippen LogP contribution in [0.25, 0.3) is 0 Å². The highest BCUT2D eigenvalue weighted by molar-refractivity contribution is 7.81. The molecule has 0 radical (unpaired) electrons. The van der Waals surface area contributed by atoms with Gasteiger partial charge in [-0.25, -0.2) is 21.5 Å². The molecule has 1 rings (SSSR count). The lowest BCUT2D eigenvalue weighted by Crippen LogP contribution is -2.68. The molecule has 0 aromatic heterocycles. The van der Waals surface area contributed by atoms with Gasteiger partial charge in [-0.2, -0.15) is 33.7 Å². The molecule has 23 nitrogen and oxygen atoms in total. The van der Waals surface area contributed by atoms with Crippen molar-refractivity contribution in [2.24, 2.45) is 11.1 Å². The molecule has 1 saturated heterocycles. The second-order valence-electron chi connectivity index (χ2n) is 23.9. The van der Waals surface area contributed by atoms with Crippen LogP contribution in [0.5, 0.6) is 0 Å². The molecule has 0 spiro atoms. The highest BCUT2D eigenvalue weighted by Gasteiger charge is 2.58. The van der Waals surface area contributed by atoms with Gasteiger partial charge >= 0.3 is 47.6 Å². The van der Waals surface area contributed by atoms with E-state index in [1.54, 1.807) is 6.92 Å². The Morgan fingerprint density at radius 1 is 0.494 bits per heavy atom. The highest BCUT2D eigenvalue weighted by atomic mass is 32.3. The summed E-state index contributed by atoms with van der Waals surface area (Å²) >= 11 is 0. The fourth-order valence-electron chi connectivity index (χ4n) is 10.7. The van der Waals surface area contributed by atoms with Crippen molar-refractivity contribution in [2.45, 2.75) is 320 Å². The first-order valence-electron chi connectivity index (χ1n) is 32.3. The topological polar surface area (TPSA) is 355 Å². The second kappa shape index (κ2) is 47.6. The first-order valence-corrected chi connectivity index (χ1v) is 37.8. The van der Waals surface area contributed by atoms with Crippen LogP contribution in [0.4, 0.5) is 0 Å². The standard InChI is InChI=1S/C58H115NO22S4/c1-4-6-8-10-12-14-16-18-20-22-24-26-28-30-32-34-36-38-40-42-44-74-48-57(3,49-75-45-43-41-39-37-35-33-31-29-27-25-23-21-19-17-15-13-11-9-7-5-2)50-76-58(56(60)61)46-51(79-83(65,66)67)53(59)55(78-58)54(81-85(71,72)73)52(80-84(68,69)70)47-77-82(62,63)64/h51-55H,4-50,59H2,1-3H3,(H,60,61)(H,62,63,64)(H,65,66,67)(H,68,69,70)(H,71,72,73)/t51-,52+,53+,54?,55+,58+/m0/s1. The molecular weight excluding hydrogens is 1190 g/mol. The Morgan fingerprint density at radius 2 is 0.812 bits per heavy atom. The molecule has 1 aliphatic rings. The molecule has 0 aliphatic carbocycles. The molecule has 85 heavy (non-hydrogen) atoms. The smallest absolute Gasteiger partial charge is 0.397 e. The van der Waals surface area contributed by atoms with Crippen molar-refractivity contribution in [2.75, 3.05) is 39.6 Å². The maximum Gasteiger partial charge on any atom is 0.397 e. The van der Waals surface area contributed by atoms with Gasteiger partial charge in [0.05, 0.1) is 32.5 Å². The Labute approximate surface area is 513 Å². The van der Waals surface area contributed by atoms with E-state index in [4.69, 9.17) is 24.7 Å². The maximum absolute atomic E-state index is 13.3. The van der Waals surface area contributed by atoms with Crippen LogP contribution in [0.1, 0.15) is 284 Å². The lowest BCUT2D eigenvalue weighted by atomic mass is 9.88. The largest absolute Gasteiger partial charge is 0.477 e. The Bertz CT molecular complexity index is 2070. The van der Waals surface area contributed by atoms with Gasteiger partial charge in [0.1, 0.15) is 24.4 Å². The average molecular weight is 1310 g/mol. The third kappa shape index (κ3) is 45.6. The van der Waals surface area contributed by atoms with Gasteiger partial charge in [0, 0.05) is 25.0 Å². The van der Waals surface area contributed by atoms with Gasteiger partial charge in [-0.15, -0.1) is 0 Å². The molecule has 6 atom stereocenters. The Hall–Kier alpha value is -1.25. The minimum atomic E-state index is -5.85. The van der Waals surface area contributed by atoms with Crippen LogP contribution in [0.15, 0.2) is 0 Å². The fraction of sp³-hybridized carbons (Fsp3) is 0.983. The molecule has 0 aromatic rings. The minimum Gasteiger partial charge on any atom is -0.477 e. The Balaban J connectivity index is 2.97. The SMILES string of the molecule is CCCCCCCCCCCCCCCCCCCCCCOCC(C)(COCCCCCCCCCCCCCCCCCCCCCC)CO[C@]1(C(=O)O)C[C@H](OS(=O)(=O)O)[C@@H](N)[C@H](C(OS(=O)(=O)O)[C@@H](COS(=O)(=O)O)OS(=O)(=O)O)O1. The number of nitrogens with two attached hydrogens (primary N) is 1.